The van der Waals surface area contributed by atoms with Gasteiger partial charge in [0.2, 0.25) is 0 Å². The van der Waals surface area contributed by atoms with E-state index in [1.54, 1.807) is 18.2 Å². The summed E-state index contributed by atoms with van der Waals surface area (Å²) in [6.45, 7) is 0. The lowest BCUT2D eigenvalue weighted by Crippen LogP contribution is -2.41. The van der Waals surface area contributed by atoms with Gasteiger partial charge in [-0.05, 0) is 73.5 Å². The molecule has 0 aromatic heterocycles. The molecule has 1 aliphatic heterocycles. The van der Waals surface area contributed by atoms with E-state index in [9.17, 15) is 8.42 Å². The molecule has 1 heterocycles. The van der Waals surface area contributed by atoms with Crippen molar-refractivity contribution >= 4 is 16.0 Å². The molecule has 24 heavy (non-hydrogen) atoms. The van der Waals surface area contributed by atoms with Gasteiger partial charge < -0.3 is 14.2 Å². The van der Waals surface area contributed by atoms with Gasteiger partial charge in [0.05, 0.1) is 5.69 Å². The highest BCUT2D eigenvalue weighted by Gasteiger charge is 2.47. The zero-order valence-electron chi connectivity index (χ0n) is 13.2. The minimum atomic E-state index is -4.03. The smallest absolute Gasteiger partial charge is 0.380 e. The van der Waals surface area contributed by atoms with Crippen molar-refractivity contribution in [3.63, 3.8) is 0 Å². The molecule has 1 aromatic carbocycles. The minimum Gasteiger partial charge on any atom is -0.439 e. The molecule has 5 aliphatic rings. The molecule has 1 aromatic rings. The first-order valence-corrected chi connectivity index (χ1v) is 9.97. The number of hydrogen-bond acceptors (Lipinski definition) is 5. The van der Waals surface area contributed by atoms with Crippen LogP contribution in [0.2, 0.25) is 0 Å². The molecule has 0 radical (unpaired) electrons. The number of benzene rings is 1. The molecule has 0 atom stereocenters. The standard InChI is InChI=1S/C17H20N2O4S/c18-24(20,21)23-13-1-2-14-15(8-13)22-17(19-14)16-11-4-9-3-10(6-11)7-12(16)5-9/h1-2,8-12,19H,3-7H2,(H2,18,20,21). The summed E-state index contributed by atoms with van der Waals surface area (Å²) < 4.78 is 32.9. The topological polar surface area (TPSA) is 90.7 Å². The van der Waals surface area contributed by atoms with Gasteiger partial charge >= 0.3 is 10.3 Å². The Morgan fingerprint density at radius 2 is 1.75 bits per heavy atom. The highest BCUT2D eigenvalue weighted by molar-refractivity contribution is 7.84. The Balaban J connectivity index is 1.45. The van der Waals surface area contributed by atoms with Crippen LogP contribution in [0.3, 0.4) is 0 Å². The van der Waals surface area contributed by atoms with Crippen LogP contribution in [0.25, 0.3) is 0 Å². The average molecular weight is 348 g/mol. The summed E-state index contributed by atoms with van der Waals surface area (Å²) in [4.78, 5) is 0. The largest absolute Gasteiger partial charge is 0.439 e. The molecule has 0 saturated heterocycles. The quantitative estimate of drug-likeness (QED) is 0.857. The van der Waals surface area contributed by atoms with Crippen LogP contribution >= 0.6 is 0 Å². The lowest BCUT2D eigenvalue weighted by atomic mass is 9.54. The third-order valence-corrected chi connectivity index (χ3v) is 6.33. The molecule has 0 amide bonds. The van der Waals surface area contributed by atoms with Gasteiger partial charge in [0.25, 0.3) is 0 Å². The predicted octanol–water partition coefficient (Wildman–Crippen LogP) is 2.74. The molecule has 6 rings (SSSR count). The van der Waals surface area contributed by atoms with Gasteiger partial charge in [0.15, 0.2) is 11.6 Å². The molecule has 6 nitrogen and oxygen atoms in total. The van der Waals surface area contributed by atoms with Crippen LogP contribution in [0, 0.1) is 23.7 Å². The molecular formula is C17H20N2O4S. The monoisotopic (exact) mass is 348 g/mol. The summed E-state index contributed by atoms with van der Waals surface area (Å²) in [5.41, 5.74) is 2.28. The molecule has 7 heteroatoms. The van der Waals surface area contributed by atoms with Crippen molar-refractivity contribution in [2.45, 2.75) is 32.1 Å². The van der Waals surface area contributed by atoms with E-state index in [0.717, 1.165) is 23.4 Å². The van der Waals surface area contributed by atoms with Crippen LogP contribution < -0.4 is 19.4 Å². The zero-order chi connectivity index (χ0) is 16.5. The Kier molecular flexibility index (Phi) is 2.98. The fourth-order valence-corrected chi connectivity index (χ4v) is 5.70. The Morgan fingerprint density at radius 3 is 2.38 bits per heavy atom. The SMILES string of the molecule is NS(=O)(=O)Oc1ccc2c(c1)OC(=C1C3CC4CC(C3)CC1C4)N2. The predicted molar refractivity (Wildman–Crippen MR) is 88.5 cm³/mol. The van der Waals surface area contributed by atoms with Crippen molar-refractivity contribution in [2.24, 2.45) is 28.8 Å². The number of nitrogens with two attached hydrogens (primary N) is 1. The Morgan fingerprint density at radius 1 is 1.08 bits per heavy atom. The third-order valence-electron chi connectivity index (χ3n) is 5.91. The average Bonchev–Trinajstić information content (AvgIpc) is 2.87. The van der Waals surface area contributed by atoms with E-state index in [4.69, 9.17) is 14.1 Å². The van der Waals surface area contributed by atoms with Crippen LogP contribution in [0.1, 0.15) is 32.1 Å². The van der Waals surface area contributed by atoms with Gasteiger partial charge in [0, 0.05) is 6.07 Å². The number of nitrogens with one attached hydrogen (secondary N) is 1. The molecule has 0 spiro atoms. The zero-order valence-corrected chi connectivity index (χ0v) is 14.0. The normalized spacial score (nSPS) is 33.2. The summed E-state index contributed by atoms with van der Waals surface area (Å²) >= 11 is 0. The fraction of sp³-hybridized carbons (Fsp3) is 0.529. The summed E-state index contributed by atoms with van der Waals surface area (Å²) in [7, 11) is -4.03. The second kappa shape index (κ2) is 4.89. The van der Waals surface area contributed by atoms with Gasteiger partial charge in [-0.2, -0.15) is 13.6 Å². The van der Waals surface area contributed by atoms with E-state index < -0.39 is 10.3 Å². The lowest BCUT2D eigenvalue weighted by molar-refractivity contribution is 0.0654. The van der Waals surface area contributed by atoms with E-state index in [-0.39, 0.29) is 5.75 Å². The number of fused-ring (bicyclic) bond motifs is 1. The molecule has 3 N–H and O–H groups in total. The maximum Gasteiger partial charge on any atom is 0.380 e. The summed E-state index contributed by atoms with van der Waals surface area (Å²) in [5, 5.41) is 8.29. The lowest BCUT2D eigenvalue weighted by Gasteiger charge is -2.51. The molecular weight excluding hydrogens is 328 g/mol. The van der Waals surface area contributed by atoms with Gasteiger partial charge in [-0.1, -0.05) is 0 Å². The first-order chi connectivity index (χ1) is 11.4. The van der Waals surface area contributed by atoms with Gasteiger partial charge in [0.1, 0.15) is 5.75 Å². The Labute approximate surface area is 141 Å². The molecule has 4 aliphatic carbocycles. The molecule has 4 saturated carbocycles. The second-order valence-electron chi connectivity index (χ2n) is 7.55. The van der Waals surface area contributed by atoms with Crippen molar-refractivity contribution < 1.29 is 17.3 Å². The van der Waals surface area contributed by atoms with Crippen molar-refractivity contribution in [1.82, 2.24) is 0 Å². The van der Waals surface area contributed by atoms with Crippen LogP contribution in [-0.2, 0) is 10.3 Å². The second-order valence-corrected chi connectivity index (χ2v) is 8.70. The molecule has 128 valence electrons. The molecule has 4 bridgehead atoms. The van der Waals surface area contributed by atoms with Gasteiger partial charge in [-0.15, -0.1) is 0 Å². The van der Waals surface area contributed by atoms with Gasteiger partial charge in [-0.3, -0.25) is 0 Å². The molecule has 4 fully saturated rings. The molecule has 0 unspecified atom stereocenters. The highest BCUT2D eigenvalue weighted by atomic mass is 32.2. The van der Waals surface area contributed by atoms with E-state index in [1.165, 1.54) is 37.7 Å². The van der Waals surface area contributed by atoms with Crippen LogP contribution in [-0.4, -0.2) is 8.42 Å². The minimum absolute atomic E-state index is 0.161. The van der Waals surface area contributed by atoms with Crippen molar-refractivity contribution in [1.29, 1.82) is 0 Å². The number of anilines is 1. The van der Waals surface area contributed by atoms with E-state index in [1.807, 2.05) is 0 Å². The maximum absolute atomic E-state index is 11.1. The third kappa shape index (κ3) is 2.38. The fourth-order valence-electron chi connectivity index (χ4n) is 5.33. The highest BCUT2D eigenvalue weighted by Crippen LogP contribution is 2.57. The number of hydrogen-bond donors (Lipinski definition) is 2. The van der Waals surface area contributed by atoms with Crippen LogP contribution in [0.4, 0.5) is 5.69 Å². The first kappa shape index (κ1) is 14.6. The number of allylic oxidation sites excluding steroid dienone is 1. The van der Waals surface area contributed by atoms with Crippen LogP contribution in [0.5, 0.6) is 11.5 Å². The number of rotatable bonds is 2. The van der Waals surface area contributed by atoms with Crippen molar-refractivity contribution in [3.05, 3.63) is 29.7 Å². The first-order valence-electron chi connectivity index (χ1n) is 8.50. The van der Waals surface area contributed by atoms with Crippen molar-refractivity contribution in [3.8, 4) is 11.5 Å². The van der Waals surface area contributed by atoms with Crippen molar-refractivity contribution in [2.75, 3.05) is 5.32 Å². The Hall–Kier alpha value is -1.73. The summed E-state index contributed by atoms with van der Waals surface area (Å²) in [6.07, 6.45) is 6.55. The summed E-state index contributed by atoms with van der Waals surface area (Å²) in [5.74, 6) is 4.68. The Bertz CT molecular complexity index is 816. The van der Waals surface area contributed by atoms with E-state index >= 15 is 0 Å². The van der Waals surface area contributed by atoms with E-state index in [2.05, 4.69) is 5.32 Å². The summed E-state index contributed by atoms with van der Waals surface area (Å²) in [6, 6.07) is 4.90. The maximum atomic E-state index is 11.1. The van der Waals surface area contributed by atoms with E-state index in [0.29, 0.717) is 17.6 Å². The number of ether oxygens (including phenoxy) is 1. The van der Waals surface area contributed by atoms with Crippen LogP contribution in [0.15, 0.2) is 29.7 Å². The van der Waals surface area contributed by atoms with Gasteiger partial charge in [-0.25, -0.2) is 0 Å².